The number of nitrogens with zero attached hydrogens (tertiary/aromatic N) is 1. The molecule has 1 atom stereocenters. The lowest BCUT2D eigenvalue weighted by Crippen LogP contribution is -2.44. The van der Waals surface area contributed by atoms with Crippen molar-refractivity contribution in [1.82, 2.24) is 15.3 Å². The molecule has 8 heteroatoms. The Labute approximate surface area is 154 Å². The molecule has 0 aliphatic carbocycles. The van der Waals surface area contributed by atoms with Crippen molar-refractivity contribution in [3.8, 4) is 11.5 Å². The van der Waals surface area contributed by atoms with Crippen molar-refractivity contribution >= 4 is 28.8 Å². The summed E-state index contributed by atoms with van der Waals surface area (Å²) in [6, 6.07) is 14.7. The number of amides is 2. The summed E-state index contributed by atoms with van der Waals surface area (Å²) in [4.78, 5) is 31.5. The zero-order valence-electron chi connectivity index (χ0n) is 14.4. The lowest BCUT2D eigenvalue weighted by atomic mass is 10.2. The molecule has 0 fully saturated rings. The average Bonchev–Trinajstić information content (AvgIpc) is 3.09. The van der Waals surface area contributed by atoms with Crippen LogP contribution in [0.15, 0.2) is 48.5 Å². The van der Waals surface area contributed by atoms with Crippen molar-refractivity contribution in [2.75, 3.05) is 18.5 Å². The Morgan fingerprint density at radius 1 is 1.11 bits per heavy atom. The highest BCUT2D eigenvalue weighted by atomic mass is 16.6. The second kappa shape index (κ2) is 7.36. The van der Waals surface area contributed by atoms with E-state index in [4.69, 9.17) is 9.47 Å². The molecule has 0 spiro atoms. The van der Waals surface area contributed by atoms with Crippen molar-refractivity contribution in [3.05, 3.63) is 48.5 Å². The maximum atomic E-state index is 12.2. The van der Waals surface area contributed by atoms with Crippen molar-refractivity contribution in [2.45, 2.75) is 12.5 Å². The number of H-pyrrole nitrogens is 1. The number of anilines is 1. The van der Waals surface area contributed by atoms with Crippen LogP contribution in [0.2, 0.25) is 0 Å². The van der Waals surface area contributed by atoms with Crippen LogP contribution in [0.4, 0.5) is 5.95 Å². The van der Waals surface area contributed by atoms with Crippen molar-refractivity contribution < 1.29 is 19.1 Å². The zero-order chi connectivity index (χ0) is 18.6. The van der Waals surface area contributed by atoms with Crippen LogP contribution in [0.5, 0.6) is 11.5 Å². The quantitative estimate of drug-likeness (QED) is 0.639. The summed E-state index contributed by atoms with van der Waals surface area (Å²) >= 11 is 0. The van der Waals surface area contributed by atoms with Gasteiger partial charge in [-0.1, -0.05) is 24.3 Å². The predicted octanol–water partition coefficient (Wildman–Crippen LogP) is 1.85. The van der Waals surface area contributed by atoms with Gasteiger partial charge in [-0.15, -0.1) is 0 Å². The molecule has 2 aromatic carbocycles. The number of para-hydroxylation sites is 4. The van der Waals surface area contributed by atoms with Gasteiger partial charge in [0.1, 0.15) is 6.61 Å². The van der Waals surface area contributed by atoms with E-state index in [-0.39, 0.29) is 31.4 Å². The Balaban J connectivity index is 1.24. The number of hydrogen-bond donors (Lipinski definition) is 3. The smallest absolute Gasteiger partial charge is 0.264 e. The molecule has 8 nitrogen and oxygen atoms in total. The fourth-order valence-corrected chi connectivity index (χ4v) is 2.77. The molecule has 3 aromatic rings. The molecule has 3 N–H and O–H groups in total. The molecule has 4 rings (SSSR count). The van der Waals surface area contributed by atoms with Gasteiger partial charge in [0.25, 0.3) is 5.91 Å². The Bertz CT molecular complexity index is 952. The second-order valence-electron chi connectivity index (χ2n) is 6.06. The molecule has 1 aromatic heterocycles. The van der Waals surface area contributed by atoms with Crippen LogP contribution in [0.3, 0.4) is 0 Å². The summed E-state index contributed by atoms with van der Waals surface area (Å²) in [7, 11) is 0. The van der Waals surface area contributed by atoms with Gasteiger partial charge in [0, 0.05) is 13.0 Å². The molecule has 2 heterocycles. The minimum atomic E-state index is -0.738. The highest BCUT2D eigenvalue weighted by molar-refractivity contribution is 5.91. The van der Waals surface area contributed by atoms with Gasteiger partial charge < -0.3 is 19.8 Å². The van der Waals surface area contributed by atoms with Crippen LogP contribution in [0.25, 0.3) is 11.0 Å². The standard InChI is InChI=1S/C19H18N4O4/c24-17(23-19-21-12-5-1-2-6-13(12)22-19)9-10-20-18(25)16-11-26-14-7-3-4-8-15(14)27-16/h1-8,16H,9-11H2,(H,20,25)(H2,21,22,23,24). The van der Waals surface area contributed by atoms with Gasteiger partial charge in [-0.3, -0.25) is 14.9 Å². The van der Waals surface area contributed by atoms with Gasteiger partial charge >= 0.3 is 0 Å². The predicted molar refractivity (Wildman–Crippen MR) is 98.7 cm³/mol. The molecule has 2 amide bonds. The van der Waals surface area contributed by atoms with Gasteiger partial charge in [-0.2, -0.15) is 0 Å². The number of carbonyl (C=O) groups excluding carboxylic acids is 2. The summed E-state index contributed by atoms with van der Waals surface area (Å²) in [6.07, 6.45) is -0.620. The van der Waals surface area contributed by atoms with Crippen LogP contribution in [-0.2, 0) is 9.59 Å². The monoisotopic (exact) mass is 366 g/mol. The van der Waals surface area contributed by atoms with Gasteiger partial charge in [-0.25, -0.2) is 4.98 Å². The zero-order valence-corrected chi connectivity index (χ0v) is 14.4. The normalized spacial score (nSPS) is 15.3. The minimum Gasteiger partial charge on any atom is -0.485 e. The molecule has 138 valence electrons. The van der Waals surface area contributed by atoms with Crippen LogP contribution in [0.1, 0.15) is 6.42 Å². The average molecular weight is 366 g/mol. The summed E-state index contributed by atoms with van der Waals surface area (Å²) in [5, 5.41) is 5.38. The van der Waals surface area contributed by atoms with E-state index in [9.17, 15) is 9.59 Å². The first-order valence-corrected chi connectivity index (χ1v) is 8.60. The van der Waals surface area contributed by atoms with E-state index in [0.29, 0.717) is 17.4 Å². The summed E-state index contributed by atoms with van der Waals surface area (Å²) in [5.74, 6) is 0.966. The number of imidazole rings is 1. The fraction of sp³-hybridized carbons (Fsp3) is 0.211. The number of fused-ring (bicyclic) bond motifs is 2. The number of ether oxygens (including phenoxy) is 2. The third-order valence-corrected chi connectivity index (χ3v) is 4.10. The van der Waals surface area contributed by atoms with Gasteiger partial charge in [0.05, 0.1) is 11.0 Å². The molecule has 1 aliphatic heterocycles. The summed E-state index contributed by atoms with van der Waals surface area (Å²) < 4.78 is 11.1. The number of aromatic amines is 1. The van der Waals surface area contributed by atoms with Crippen molar-refractivity contribution in [1.29, 1.82) is 0 Å². The Morgan fingerprint density at radius 3 is 2.74 bits per heavy atom. The molecule has 1 unspecified atom stereocenters. The van der Waals surface area contributed by atoms with E-state index < -0.39 is 6.10 Å². The SMILES string of the molecule is O=C(CCNC(=O)C1COc2ccccc2O1)Nc1nc2ccccc2[nH]1. The third-order valence-electron chi connectivity index (χ3n) is 4.10. The molecular formula is C19H18N4O4. The lowest BCUT2D eigenvalue weighted by molar-refractivity contribution is -0.130. The molecule has 1 aliphatic rings. The molecule has 27 heavy (non-hydrogen) atoms. The number of benzene rings is 2. The van der Waals surface area contributed by atoms with E-state index in [1.54, 1.807) is 12.1 Å². The Hall–Kier alpha value is -3.55. The van der Waals surface area contributed by atoms with E-state index in [2.05, 4.69) is 20.6 Å². The van der Waals surface area contributed by atoms with Crippen molar-refractivity contribution in [3.63, 3.8) is 0 Å². The second-order valence-corrected chi connectivity index (χ2v) is 6.06. The van der Waals surface area contributed by atoms with E-state index >= 15 is 0 Å². The number of hydrogen-bond acceptors (Lipinski definition) is 5. The van der Waals surface area contributed by atoms with Crippen LogP contribution in [-0.4, -0.2) is 41.0 Å². The molecule has 0 saturated heterocycles. The molecular weight excluding hydrogens is 348 g/mol. The lowest BCUT2D eigenvalue weighted by Gasteiger charge is -2.25. The largest absolute Gasteiger partial charge is 0.485 e. The number of aromatic nitrogens is 2. The number of nitrogens with one attached hydrogen (secondary N) is 3. The van der Waals surface area contributed by atoms with Crippen LogP contribution < -0.4 is 20.1 Å². The number of rotatable bonds is 5. The fourth-order valence-electron chi connectivity index (χ4n) is 2.77. The van der Waals surface area contributed by atoms with E-state index in [0.717, 1.165) is 11.0 Å². The first kappa shape index (κ1) is 16.9. The minimum absolute atomic E-state index is 0.118. The first-order valence-electron chi connectivity index (χ1n) is 8.60. The number of carbonyl (C=O) groups is 2. The molecule has 0 saturated carbocycles. The molecule has 0 bridgehead atoms. The van der Waals surface area contributed by atoms with Crippen LogP contribution in [0, 0.1) is 0 Å². The third kappa shape index (κ3) is 3.84. The maximum absolute atomic E-state index is 12.2. The van der Waals surface area contributed by atoms with E-state index in [1.807, 2.05) is 36.4 Å². The molecule has 0 radical (unpaired) electrons. The Kier molecular flexibility index (Phi) is 4.61. The van der Waals surface area contributed by atoms with Crippen LogP contribution >= 0.6 is 0 Å². The first-order chi connectivity index (χ1) is 13.2. The van der Waals surface area contributed by atoms with Gasteiger partial charge in [-0.05, 0) is 24.3 Å². The summed E-state index contributed by atoms with van der Waals surface area (Å²) in [5.41, 5.74) is 1.62. The van der Waals surface area contributed by atoms with Crippen molar-refractivity contribution in [2.24, 2.45) is 0 Å². The topological polar surface area (TPSA) is 105 Å². The Morgan fingerprint density at radius 2 is 1.89 bits per heavy atom. The highest BCUT2D eigenvalue weighted by Gasteiger charge is 2.27. The van der Waals surface area contributed by atoms with Gasteiger partial charge in [0.15, 0.2) is 11.5 Å². The van der Waals surface area contributed by atoms with Gasteiger partial charge in [0.2, 0.25) is 18.0 Å². The highest BCUT2D eigenvalue weighted by Crippen LogP contribution is 2.30. The maximum Gasteiger partial charge on any atom is 0.264 e. The summed E-state index contributed by atoms with van der Waals surface area (Å²) in [6.45, 7) is 0.320. The van der Waals surface area contributed by atoms with E-state index in [1.165, 1.54) is 0 Å².